The van der Waals surface area contributed by atoms with E-state index in [2.05, 4.69) is 18.0 Å². The van der Waals surface area contributed by atoms with E-state index in [9.17, 15) is 0 Å². The molecule has 1 aromatic rings. The number of benzene rings is 1. The lowest BCUT2D eigenvalue weighted by Crippen LogP contribution is -2.14. The Morgan fingerprint density at radius 3 is 2.60 bits per heavy atom. The maximum Gasteiger partial charge on any atom is 0.0991 e. The minimum absolute atomic E-state index is 0.709. The van der Waals surface area contributed by atoms with Crippen molar-refractivity contribution < 1.29 is 0 Å². The average Bonchev–Trinajstić information content (AvgIpc) is 2.25. The van der Waals surface area contributed by atoms with E-state index in [1.165, 1.54) is 11.1 Å². The number of nitrogens with one attached hydrogen (secondary N) is 1. The van der Waals surface area contributed by atoms with E-state index in [1.54, 1.807) is 0 Å². The number of hydrogen-bond acceptors (Lipinski definition) is 2. The Bertz CT molecular complexity index is 357. The maximum atomic E-state index is 8.63. The van der Waals surface area contributed by atoms with Crippen molar-refractivity contribution in [3.8, 4) is 6.07 Å². The third kappa shape index (κ3) is 4.44. The second-order valence-corrected chi connectivity index (χ2v) is 3.69. The van der Waals surface area contributed by atoms with Crippen LogP contribution in [0.3, 0.4) is 0 Å². The first-order valence-electron chi connectivity index (χ1n) is 5.06. The molecule has 0 aliphatic rings. The third-order valence-electron chi connectivity index (χ3n) is 2.14. The highest BCUT2D eigenvalue weighted by molar-refractivity contribution is 5.31. The first-order valence-corrected chi connectivity index (χ1v) is 5.06. The molecule has 0 aliphatic carbocycles. The fourth-order valence-corrected chi connectivity index (χ4v) is 1.23. The lowest BCUT2D eigenvalue weighted by atomic mass is 10.1. The predicted octanol–water partition coefficient (Wildman–Crippen LogP) is 2.61. The van der Waals surface area contributed by atoms with E-state index >= 15 is 0 Å². The molecule has 2 nitrogen and oxygen atoms in total. The van der Waals surface area contributed by atoms with Gasteiger partial charge in [-0.1, -0.05) is 17.7 Å². The Balaban J connectivity index is 2.32. The molecule has 78 valence electrons. The molecular weight excluding hydrogens is 184 g/mol. The van der Waals surface area contributed by atoms with Crippen LogP contribution < -0.4 is 5.32 Å². The molecule has 0 saturated heterocycles. The van der Waals surface area contributed by atoms with E-state index in [4.69, 9.17) is 5.26 Å². The average molecular weight is 200 g/mol. The van der Waals surface area contributed by atoms with Crippen LogP contribution in [0.25, 0.3) is 0 Å². The fraction of sp³-hybridized carbons (Fsp3) is 0.308. The molecule has 0 bridgehead atoms. The SMILES string of the molecule is C=C(C)CCNCc1ccc(C#N)cc1. The molecule has 0 fully saturated rings. The summed E-state index contributed by atoms with van der Waals surface area (Å²) in [7, 11) is 0. The molecule has 0 amide bonds. The van der Waals surface area contributed by atoms with Crippen LogP contribution >= 0.6 is 0 Å². The van der Waals surface area contributed by atoms with E-state index in [0.717, 1.165) is 19.5 Å². The van der Waals surface area contributed by atoms with Gasteiger partial charge in [0.1, 0.15) is 0 Å². The van der Waals surface area contributed by atoms with Crippen LogP contribution in [0.5, 0.6) is 0 Å². The molecular formula is C13H16N2. The summed E-state index contributed by atoms with van der Waals surface area (Å²) in [5.74, 6) is 0. The zero-order valence-corrected chi connectivity index (χ0v) is 9.09. The third-order valence-corrected chi connectivity index (χ3v) is 2.14. The van der Waals surface area contributed by atoms with Gasteiger partial charge in [0.25, 0.3) is 0 Å². The standard InChI is InChI=1S/C13H16N2/c1-11(2)7-8-15-10-13-5-3-12(9-14)4-6-13/h3-6,15H,1,7-8,10H2,2H3. The van der Waals surface area contributed by atoms with E-state index in [1.807, 2.05) is 31.2 Å². The minimum Gasteiger partial charge on any atom is -0.312 e. The second-order valence-electron chi connectivity index (χ2n) is 3.69. The zero-order chi connectivity index (χ0) is 11.1. The zero-order valence-electron chi connectivity index (χ0n) is 9.09. The summed E-state index contributed by atoms with van der Waals surface area (Å²) in [6, 6.07) is 9.75. The predicted molar refractivity (Wildman–Crippen MR) is 62.3 cm³/mol. The van der Waals surface area contributed by atoms with Crippen molar-refractivity contribution in [1.29, 1.82) is 5.26 Å². The van der Waals surface area contributed by atoms with Crippen LogP contribution in [0.4, 0.5) is 0 Å². The highest BCUT2D eigenvalue weighted by Gasteiger charge is 1.93. The van der Waals surface area contributed by atoms with E-state index in [0.29, 0.717) is 5.56 Å². The number of rotatable bonds is 5. The highest BCUT2D eigenvalue weighted by Crippen LogP contribution is 2.03. The van der Waals surface area contributed by atoms with Gasteiger partial charge >= 0.3 is 0 Å². The smallest absolute Gasteiger partial charge is 0.0991 e. The first kappa shape index (κ1) is 11.5. The van der Waals surface area contributed by atoms with Gasteiger partial charge in [-0.25, -0.2) is 0 Å². The van der Waals surface area contributed by atoms with E-state index in [-0.39, 0.29) is 0 Å². The van der Waals surface area contributed by atoms with Gasteiger partial charge in [-0.3, -0.25) is 0 Å². The van der Waals surface area contributed by atoms with Gasteiger partial charge in [0, 0.05) is 6.54 Å². The molecule has 1 rings (SSSR count). The summed E-state index contributed by atoms with van der Waals surface area (Å²) in [4.78, 5) is 0. The highest BCUT2D eigenvalue weighted by atomic mass is 14.8. The Kier molecular flexibility index (Phi) is 4.59. The summed E-state index contributed by atoms with van der Waals surface area (Å²) < 4.78 is 0. The van der Waals surface area contributed by atoms with Gasteiger partial charge in [0.2, 0.25) is 0 Å². The van der Waals surface area contributed by atoms with Crippen molar-refractivity contribution in [1.82, 2.24) is 5.32 Å². The van der Waals surface area contributed by atoms with Crippen molar-refractivity contribution >= 4 is 0 Å². The second kappa shape index (κ2) is 6.00. The monoisotopic (exact) mass is 200 g/mol. The molecule has 1 N–H and O–H groups in total. The molecule has 0 aromatic heterocycles. The minimum atomic E-state index is 0.709. The molecule has 0 aliphatic heterocycles. The van der Waals surface area contributed by atoms with Crippen LogP contribution in [0, 0.1) is 11.3 Å². The molecule has 0 spiro atoms. The molecule has 0 unspecified atom stereocenters. The van der Waals surface area contributed by atoms with Crippen LogP contribution in [0.15, 0.2) is 36.4 Å². The fourth-order valence-electron chi connectivity index (χ4n) is 1.23. The van der Waals surface area contributed by atoms with Crippen molar-refractivity contribution in [2.24, 2.45) is 0 Å². The molecule has 0 saturated carbocycles. The van der Waals surface area contributed by atoms with Crippen molar-refractivity contribution in [2.75, 3.05) is 6.54 Å². The maximum absolute atomic E-state index is 8.63. The summed E-state index contributed by atoms with van der Waals surface area (Å²) >= 11 is 0. The summed E-state index contributed by atoms with van der Waals surface area (Å²) in [6.07, 6.45) is 1.01. The summed E-state index contributed by atoms with van der Waals surface area (Å²) in [5.41, 5.74) is 3.11. The van der Waals surface area contributed by atoms with Gasteiger partial charge in [-0.05, 0) is 37.6 Å². The Morgan fingerprint density at radius 1 is 1.40 bits per heavy atom. The molecule has 0 radical (unpaired) electrons. The summed E-state index contributed by atoms with van der Waals surface area (Å²) in [6.45, 7) is 7.68. The first-order chi connectivity index (χ1) is 7.22. The lowest BCUT2D eigenvalue weighted by Gasteiger charge is -2.04. The Labute approximate surface area is 91.2 Å². The molecule has 0 heterocycles. The van der Waals surface area contributed by atoms with Crippen LogP contribution in [-0.2, 0) is 6.54 Å². The number of hydrogen-bond donors (Lipinski definition) is 1. The quantitative estimate of drug-likeness (QED) is 0.586. The molecule has 0 atom stereocenters. The lowest BCUT2D eigenvalue weighted by molar-refractivity contribution is 0.685. The van der Waals surface area contributed by atoms with Crippen molar-refractivity contribution in [3.63, 3.8) is 0 Å². The normalized spacial score (nSPS) is 9.60. The van der Waals surface area contributed by atoms with Gasteiger partial charge in [0.05, 0.1) is 11.6 Å². The van der Waals surface area contributed by atoms with Gasteiger partial charge in [0.15, 0.2) is 0 Å². The number of nitriles is 1. The Morgan fingerprint density at radius 2 is 2.07 bits per heavy atom. The molecule has 15 heavy (non-hydrogen) atoms. The molecule has 2 heteroatoms. The van der Waals surface area contributed by atoms with Crippen LogP contribution in [0.1, 0.15) is 24.5 Å². The largest absolute Gasteiger partial charge is 0.312 e. The van der Waals surface area contributed by atoms with Gasteiger partial charge < -0.3 is 5.32 Å². The van der Waals surface area contributed by atoms with Crippen molar-refractivity contribution in [3.05, 3.63) is 47.5 Å². The van der Waals surface area contributed by atoms with Gasteiger partial charge in [-0.2, -0.15) is 5.26 Å². The summed E-state index contributed by atoms with van der Waals surface area (Å²) in [5, 5.41) is 12.0. The Hall–Kier alpha value is -1.59. The van der Waals surface area contributed by atoms with Crippen LogP contribution in [-0.4, -0.2) is 6.54 Å². The van der Waals surface area contributed by atoms with Gasteiger partial charge in [-0.15, -0.1) is 6.58 Å². The van der Waals surface area contributed by atoms with Crippen molar-refractivity contribution in [2.45, 2.75) is 19.9 Å². The topological polar surface area (TPSA) is 35.8 Å². The number of nitrogens with zero attached hydrogens (tertiary/aromatic N) is 1. The van der Waals surface area contributed by atoms with E-state index < -0.39 is 0 Å². The molecule has 1 aromatic carbocycles. The van der Waals surface area contributed by atoms with Crippen LogP contribution in [0.2, 0.25) is 0 Å².